The molecule has 3 atom stereocenters. The molecule has 3 unspecified atom stereocenters. The quantitative estimate of drug-likeness (QED) is 0.699. The lowest BCUT2D eigenvalue weighted by Crippen LogP contribution is -2.44. The van der Waals surface area contributed by atoms with Gasteiger partial charge in [-0.05, 0) is 32.1 Å². The Hall–Kier alpha value is -0.0800. The molecule has 0 aromatic rings. The normalized spacial score (nSPS) is 27.9. The van der Waals surface area contributed by atoms with Crippen LogP contribution in [0.1, 0.15) is 71.6 Å². The topological polar surface area (TPSA) is 38.0 Å². The van der Waals surface area contributed by atoms with Gasteiger partial charge in [0.15, 0.2) is 0 Å². The van der Waals surface area contributed by atoms with Crippen molar-refractivity contribution in [3.8, 4) is 0 Å². The molecule has 16 heavy (non-hydrogen) atoms. The van der Waals surface area contributed by atoms with E-state index in [1.807, 2.05) is 0 Å². The van der Waals surface area contributed by atoms with Crippen LogP contribution in [0.2, 0.25) is 0 Å². The zero-order valence-electron chi connectivity index (χ0n) is 11.2. The van der Waals surface area contributed by atoms with Gasteiger partial charge in [0.05, 0.1) is 0 Å². The Labute approximate surface area is 101 Å². The molecule has 1 rings (SSSR count). The second kappa shape index (κ2) is 8.08. The van der Waals surface area contributed by atoms with Gasteiger partial charge in [-0.15, -0.1) is 0 Å². The number of hydrogen-bond acceptors (Lipinski definition) is 2. The van der Waals surface area contributed by atoms with Crippen molar-refractivity contribution in [2.45, 2.75) is 89.8 Å². The largest absolute Gasteiger partial charge is 0.328 e. The smallest absolute Gasteiger partial charge is 0.00843 e. The van der Waals surface area contributed by atoms with E-state index in [4.69, 9.17) is 5.73 Å². The summed E-state index contributed by atoms with van der Waals surface area (Å²) in [6.07, 6.45) is 11.7. The summed E-state index contributed by atoms with van der Waals surface area (Å²) in [6, 6.07) is 1.87. The third kappa shape index (κ3) is 5.31. The maximum atomic E-state index is 6.03. The molecule has 0 aromatic carbocycles. The van der Waals surface area contributed by atoms with Crippen LogP contribution in [0.4, 0.5) is 0 Å². The summed E-state index contributed by atoms with van der Waals surface area (Å²) in [5.41, 5.74) is 6.03. The molecule has 1 aliphatic carbocycles. The second-order valence-electron chi connectivity index (χ2n) is 5.42. The molecule has 96 valence electrons. The Morgan fingerprint density at radius 3 is 2.62 bits per heavy atom. The molecule has 0 aliphatic heterocycles. The van der Waals surface area contributed by atoms with Crippen molar-refractivity contribution in [2.75, 3.05) is 0 Å². The lowest BCUT2D eigenvalue weighted by molar-refractivity contribution is 0.294. The lowest BCUT2D eigenvalue weighted by Gasteiger charge is -2.31. The van der Waals surface area contributed by atoms with Gasteiger partial charge in [-0.25, -0.2) is 0 Å². The number of hydrogen-bond donors (Lipinski definition) is 2. The number of unbranched alkanes of at least 4 members (excludes halogenated alkanes) is 1. The molecular weight excluding hydrogens is 196 g/mol. The molecule has 0 heterocycles. The fourth-order valence-electron chi connectivity index (χ4n) is 2.82. The predicted octanol–water partition coefficient (Wildman–Crippen LogP) is 3.20. The number of nitrogens with one attached hydrogen (secondary N) is 1. The highest BCUT2D eigenvalue weighted by molar-refractivity contribution is 4.82. The Morgan fingerprint density at radius 1 is 1.19 bits per heavy atom. The van der Waals surface area contributed by atoms with E-state index in [0.717, 1.165) is 6.04 Å². The van der Waals surface area contributed by atoms with E-state index in [0.29, 0.717) is 12.1 Å². The highest BCUT2D eigenvalue weighted by Gasteiger charge is 2.21. The minimum atomic E-state index is 0.444. The van der Waals surface area contributed by atoms with E-state index < -0.39 is 0 Å². The van der Waals surface area contributed by atoms with Crippen LogP contribution in [0.5, 0.6) is 0 Å². The van der Waals surface area contributed by atoms with Crippen LogP contribution < -0.4 is 11.1 Å². The molecule has 2 heteroatoms. The van der Waals surface area contributed by atoms with Gasteiger partial charge in [0, 0.05) is 18.1 Å². The zero-order chi connectivity index (χ0) is 11.8. The van der Waals surface area contributed by atoms with Gasteiger partial charge < -0.3 is 11.1 Å². The van der Waals surface area contributed by atoms with Gasteiger partial charge in [0.1, 0.15) is 0 Å². The molecule has 2 nitrogen and oxygen atoms in total. The maximum Gasteiger partial charge on any atom is 0.00843 e. The van der Waals surface area contributed by atoms with Crippen LogP contribution in [-0.4, -0.2) is 18.1 Å². The first kappa shape index (κ1) is 14.0. The fraction of sp³-hybridized carbons (Fsp3) is 1.00. The summed E-state index contributed by atoms with van der Waals surface area (Å²) in [7, 11) is 0. The van der Waals surface area contributed by atoms with Gasteiger partial charge in [-0.2, -0.15) is 0 Å². The van der Waals surface area contributed by atoms with Crippen molar-refractivity contribution in [2.24, 2.45) is 5.73 Å². The number of rotatable bonds is 7. The summed E-state index contributed by atoms with van der Waals surface area (Å²) >= 11 is 0. The average molecular weight is 226 g/mol. The molecule has 1 saturated carbocycles. The van der Waals surface area contributed by atoms with Crippen LogP contribution in [0.15, 0.2) is 0 Å². The molecule has 1 aliphatic rings. The van der Waals surface area contributed by atoms with Crippen molar-refractivity contribution >= 4 is 0 Å². The minimum absolute atomic E-state index is 0.444. The zero-order valence-corrected chi connectivity index (χ0v) is 11.2. The lowest BCUT2D eigenvalue weighted by atomic mass is 9.90. The summed E-state index contributed by atoms with van der Waals surface area (Å²) in [6.45, 7) is 4.56. The summed E-state index contributed by atoms with van der Waals surface area (Å²) in [4.78, 5) is 0. The van der Waals surface area contributed by atoms with Gasteiger partial charge in [0.25, 0.3) is 0 Å². The average Bonchev–Trinajstić information content (AvgIpc) is 2.26. The van der Waals surface area contributed by atoms with E-state index in [9.17, 15) is 0 Å². The third-order valence-electron chi connectivity index (χ3n) is 3.73. The van der Waals surface area contributed by atoms with E-state index in [1.165, 1.54) is 57.8 Å². The molecule has 0 saturated heterocycles. The molecular formula is C14H30N2. The van der Waals surface area contributed by atoms with Crippen LogP contribution in [0.3, 0.4) is 0 Å². The van der Waals surface area contributed by atoms with Gasteiger partial charge in [0.2, 0.25) is 0 Å². The Kier molecular flexibility index (Phi) is 7.06. The van der Waals surface area contributed by atoms with Gasteiger partial charge in [-0.1, -0.05) is 39.5 Å². The minimum Gasteiger partial charge on any atom is -0.328 e. The highest BCUT2D eigenvalue weighted by Crippen LogP contribution is 2.19. The monoisotopic (exact) mass is 226 g/mol. The van der Waals surface area contributed by atoms with Gasteiger partial charge in [-0.3, -0.25) is 0 Å². The summed E-state index contributed by atoms with van der Waals surface area (Å²) in [5, 5.41) is 3.84. The van der Waals surface area contributed by atoms with Crippen LogP contribution >= 0.6 is 0 Å². The Morgan fingerprint density at radius 2 is 2.00 bits per heavy atom. The summed E-state index contributed by atoms with van der Waals surface area (Å²) in [5.74, 6) is 0. The number of nitrogens with two attached hydrogens (primary N) is 1. The van der Waals surface area contributed by atoms with E-state index >= 15 is 0 Å². The van der Waals surface area contributed by atoms with E-state index in [1.54, 1.807) is 0 Å². The van der Waals surface area contributed by atoms with Crippen LogP contribution in [0, 0.1) is 0 Å². The van der Waals surface area contributed by atoms with Crippen molar-refractivity contribution in [1.82, 2.24) is 5.32 Å². The first-order valence-electron chi connectivity index (χ1n) is 7.27. The molecule has 0 bridgehead atoms. The van der Waals surface area contributed by atoms with E-state index in [-0.39, 0.29) is 0 Å². The van der Waals surface area contributed by atoms with Gasteiger partial charge >= 0.3 is 0 Å². The molecule has 1 fully saturated rings. The SMILES string of the molecule is CCCCC(CCC)NC1CCCC(N)C1. The standard InChI is InChI=1S/C14H30N2/c1-3-5-9-13(7-4-2)16-14-10-6-8-12(15)11-14/h12-14,16H,3-11,15H2,1-2H3. The van der Waals surface area contributed by atoms with E-state index in [2.05, 4.69) is 19.2 Å². The molecule has 0 aromatic heterocycles. The van der Waals surface area contributed by atoms with Crippen LogP contribution in [0.25, 0.3) is 0 Å². The predicted molar refractivity (Wildman–Crippen MR) is 71.6 cm³/mol. The molecule has 0 spiro atoms. The molecule has 0 amide bonds. The Bertz CT molecular complexity index is 170. The highest BCUT2D eigenvalue weighted by atomic mass is 15.0. The first-order chi connectivity index (χ1) is 7.76. The molecule has 3 N–H and O–H groups in total. The second-order valence-corrected chi connectivity index (χ2v) is 5.42. The third-order valence-corrected chi connectivity index (χ3v) is 3.73. The maximum absolute atomic E-state index is 6.03. The summed E-state index contributed by atoms with van der Waals surface area (Å²) < 4.78 is 0. The van der Waals surface area contributed by atoms with Crippen molar-refractivity contribution in [1.29, 1.82) is 0 Å². The molecule has 0 radical (unpaired) electrons. The van der Waals surface area contributed by atoms with Crippen molar-refractivity contribution < 1.29 is 0 Å². The fourth-order valence-corrected chi connectivity index (χ4v) is 2.82. The van der Waals surface area contributed by atoms with Crippen LogP contribution in [-0.2, 0) is 0 Å². The van der Waals surface area contributed by atoms with Crippen molar-refractivity contribution in [3.63, 3.8) is 0 Å². The van der Waals surface area contributed by atoms with Crippen molar-refractivity contribution in [3.05, 3.63) is 0 Å². The Balaban J connectivity index is 2.28. The first-order valence-corrected chi connectivity index (χ1v) is 7.27.